The molecule has 0 aliphatic carbocycles. The summed E-state index contributed by atoms with van der Waals surface area (Å²) in [6.45, 7) is 28.4. The van der Waals surface area contributed by atoms with Crippen molar-refractivity contribution in [2.24, 2.45) is 0 Å². The minimum atomic E-state index is -0.673. The predicted octanol–water partition coefficient (Wildman–Crippen LogP) is 12.9. The molecule has 0 saturated carbocycles. The Labute approximate surface area is 395 Å². The minimum absolute atomic E-state index is 0. The number of aromatic nitrogens is 2. The first-order chi connectivity index (χ1) is 29.8. The van der Waals surface area contributed by atoms with Crippen molar-refractivity contribution >= 4 is 71.4 Å². The molecule has 0 spiro atoms. The van der Waals surface area contributed by atoms with Gasteiger partial charge in [0.15, 0.2) is 0 Å². The summed E-state index contributed by atoms with van der Waals surface area (Å²) in [6, 6.07) is 44.9. The van der Waals surface area contributed by atoms with Gasteiger partial charge in [0.25, 0.3) is 0 Å². The monoisotopic (exact) mass is 1030 g/mol. The average molecular weight is 1030 g/mol. The van der Waals surface area contributed by atoms with Gasteiger partial charge >= 0.3 is 21.4 Å². The fourth-order valence-corrected chi connectivity index (χ4v) is 8.44. The van der Waals surface area contributed by atoms with Crippen molar-refractivity contribution in [3.63, 3.8) is 0 Å². The van der Waals surface area contributed by atoms with Crippen molar-refractivity contribution in [2.75, 3.05) is 9.80 Å². The maximum Gasteiger partial charge on any atom is 0.468 e. The summed E-state index contributed by atoms with van der Waals surface area (Å²) in [5.41, 5.74) is 8.91. The molecule has 2 aliphatic rings. The Kier molecular flexibility index (Phi) is 12.1. The van der Waals surface area contributed by atoms with E-state index < -0.39 is 21.4 Å². The van der Waals surface area contributed by atoms with Gasteiger partial charge in [-0.1, -0.05) is 137 Å². The first kappa shape index (κ1) is 45.8. The third kappa shape index (κ3) is 8.69. The number of ether oxygens (including phenoxy) is 1. The molecule has 2 aliphatic heterocycles. The fourth-order valence-electron chi connectivity index (χ4n) is 8.44. The second-order valence-corrected chi connectivity index (χ2v) is 21.1. The van der Waals surface area contributed by atoms with Crippen LogP contribution in [-0.4, -0.2) is 30.9 Å². The van der Waals surface area contributed by atoms with E-state index in [-0.39, 0.29) is 42.5 Å². The number of benzene rings is 5. The van der Waals surface area contributed by atoms with Crippen LogP contribution in [0.25, 0.3) is 27.6 Å². The number of anilines is 4. The number of hydrogen-bond donors (Lipinski definition) is 0. The van der Waals surface area contributed by atoms with Crippen molar-refractivity contribution in [3.05, 3.63) is 145 Å². The van der Waals surface area contributed by atoms with Crippen molar-refractivity contribution < 1.29 is 39.5 Å². The van der Waals surface area contributed by atoms with Gasteiger partial charge in [0.2, 0.25) is 0 Å². The summed E-state index contributed by atoms with van der Waals surface area (Å²) in [6.07, 6.45) is 1.89. The van der Waals surface area contributed by atoms with Crippen LogP contribution in [0.5, 0.6) is 11.5 Å². The molecule has 0 unspecified atom stereocenters. The van der Waals surface area contributed by atoms with Crippen LogP contribution in [0.2, 0.25) is 10.6 Å². The molecule has 5 aromatic carbocycles. The normalized spacial score (nSPS) is 15.0. The van der Waals surface area contributed by atoms with E-state index in [1.165, 1.54) is 5.56 Å². The van der Waals surface area contributed by atoms with Gasteiger partial charge in [-0.25, -0.2) is 4.98 Å². The SMILES string of the molecule is CC(C)(C)B1OB(c2cccc(C(C)(C)C)c2N2[CH-]N(c3[c-]c(Oc4[c-]c5c(cc4)c4ccccc4n5-c4cc(C(C)(C)C)ccn4)ccc3)c3ccccc32)OB(C(C)(C)C)O1.[Pt]. The van der Waals surface area contributed by atoms with Gasteiger partial charge < -0.3 is 32.8 Å². The molecule has 2 aromatic heterocycles. The van der Waals surface area contributed by atoms with Crippen LogP contribution in [0.1, 0.15) is 94.2 Å². The third-order valence-corrected chi connectivity index (χ3v) is 11.8. The van der Waals surface area contributed by atoms with Crippen LogP contribution in [0.4, 0.5) is 22.7 Å². The zero-order valence-corrected chi connectivity index (χ0v) is 41.3. The van der Waals surface area contributed by atoms with E-state index in [1.54, 1.807) is 0 Å². The number of rotatable bonds is 6. The van der Waals surface area contributed by atoms with E-state index >= 15 is 0 Å². The second kappa shape index (κ2) is 16.9. The summed E-state index contributed by atoms with van der Waals surface area (Å²) >= 11 is 0. The molecule has 1 fully saturated rings. The number of nitrogens with zero attached hydrogens (tertiary/aromatic N) is 4. The first-order valence-corrected chi connectivity index (χ1v) is 22.0. The summed E-state index contributed by atoms with van der Waals surface area (Å²) in [4.78, 5) is 9.30. The number of fused-ring (bicyclic) bond motifs is 4. The van der Waals surface area contributed by atoms with Gasteiger partial charge in [-0.2, -0.15) is 12.1 Å². The van der Waals surface area contributed by atoms with Gasteiger partial charge in [-0.3, -0.25) is 0 Å². The molecular weight excluding hydrogens is 972 g/mol. The Morgan fingerprint density at radius 1 is 0.609 bits per heavy atom. The van der Waals surface area contributed by atoms with Crippen molar-refractivity contribution in [1.29, 1.82) is 0 Å². The van der Waals surface area contributed by atoms with Gasteiger partial charge in [-0.05, 0) is 68.3 Å². The molecule has 0 amide bonds. The maximum absolute atomic E-state index is 6.77. The van der Waals surface area contributed by atoms with E-state index in [1.807, 2.05) is 24.4 Å². The van der Waals surface area contributed by atoms with Gasteiger partial charge in [0.1, 0.15) is 5.82 Å². The summed E-state index contributed by atoms with van der Waals surface area (Å²) in [5.74, 6) is 2.00. The molecule has 7 aromatic rings. The van der Waals surface area contributed by atoms with Gasteiger partial charge in [-0.15, -0.1) is 48.1 Å². The summed E-state index contributed by atoms with van der Waals surface area (Å²) < 4.78 is 28.9. The number of pyridine rings is 1. The molecule has 8 nitrogen and oxygen atoms in total. The van der Waals surface area contributed by atoms with Crippen LogP contribution < -0.4 is 20.0 Å². The topological polar surface area (TPSA) is 61.2 Å². The van der Waals surface area contributed by atoms with Crippen LogP contribution in [0.3, 0.4) is 0 Å². The Bertz CT molecular complexity index is 2820. The van der Waals surface area contributed by atoms with E-state index in [4.69, 9.17) is 23.4 Å². The summed E-state index contributed by atoms with van der Waals surface area (Å²) in [7, 11) is -1.63. The van der Waals surface area contributed by atoms with Crippen molar-refractivity contribution in [3.8, 4) is 17.3 Å². The quantitative estimate of drug-likeness (QED) is 0.121. The molecule has 0 bridgehead atoms. The first-order valence-electron chi connectivity index (χ1n) is 22.0. The van der Waals surface area contributed by atoms with Crippen LogP contribution in [0.15, 0.2) is 115 Å². The Hall–Kier alpha value is -4.79. The van der Waals surface area contributed by atoms with Crippen molar-refractivity contribution in [2.45, 2.75) is 105 Å². The van der Waals surface area contributed by atoms with Gasteiger partial charge in [0.05, 0.1) is 0 Å². The zero-order chi connectivity index (χ0) is 44.6. The van der Waals surface area contributed by atoms with Crippen LogP contribution in [-0.2, 0) is 45.6 Å². The molecule has 4 heterocycles. The fraction of sp³-hybridized carbons (Fsp3) is 0.308. The molecule has 64 heavy (non-hydrogen) atoms. The molecule has 0 atom stereocenters. The van der Waals surface area contributed by atoms with E-state index in [0.29, 0.717) is 11.5 Å². The Morgan fingerprint density at radius 2 is 1.25 bits per heavy atom. The molecular formula is C52H56B3N4O4Pt-3. The molecule has 12 heteroatoms. The molecule has 9 rings (SSSR count). The molecule has 330 valence electrons. The van der Waals surface area contributed by atoms with Gasteiger partial charge in [0, 0.05) is 66.8 Å². The predicted molar refractivity (Wildman–Crippen MR) is 261 cm³/mol. The molecule has 0 radical (unpaired) electrons. The van der Waals surface area contributed by atoms with Crippen LogP contribution in [0, 0.1) is 18.8 Å². The van der Waals surface area contributed by atoms with E-state index in [0.717, 1.165) is 61.4 Å². The summed E-state index contributed by atoms with van der Waals surface area (Å²) in [5, 5.41) is 1.65. The Morgan fingerprint density at radius 3 is 1.92 bits per heavy atom. The zero-order valence-electron chi connectivity index (χ0n) is 39.0. The number of para-hydroxylation sites is 4. The second-order valence-electron chi connectivity index (χ2n) is 21.1. The maximum atomic E-state index is 6.77. The van der Waals surface area contributed by atoms with Crippen LogP contribution >= 0.6 is 0 Å². The largest absolute Gasteiger partial charge is 0.509 e. The number of hydrogen-bond acceptors (Lipinski definition) is 7. The smallest absolute Gasteiger partial charge is 0.468 e. The average Bonchev–Trinajstić information content (AvgIpc) is 3.78. The van der Waals surface area contributed by atoms with E-state index in [2.05, 4.69) is 207 Å². The third-order valence-electron chi connectivity index (χ3n) is 11.8. The molecule has 1 saturated heterocycles. The van der Waals surface area contributed by atoms with Crippen molar-refractivity contribution in [1.82, 2.24) is 9.55 Å². The Balaban J connectivity index is 0.00000560. The molecule has 0 N–H and O–H groups in total. The van der Waals surface area contributed by atoms with E-state index in [9.17, 15) is 0 Å². The minimum Gasteiger partial charge on any atom is -0.509 e. The standard InChI is InChI=1S/C52H56B3N4O4.Pt/c1-49(2,3)35-29-30-56-47(31-35)59-43-24-14-13-21-39(43)40-28-27-38(33-46(40)59)60-37-20-17-19-36(32-37)57-34-58(45-26-16-15-25-44(45)57)48-41(50(4,5)6)22-18-23-42(48)53-61-54(51(7,8)9)63-55(62-53)52(10,11)12;/h13-31,34H,1-12H3;/q-3;.